The number of nitrogens with zero attached hydrogens (tertiary/aromatic N) is 1. The number of ether oxygens (including phenoxy) is 3. The molecule has 0 unspecified atom stereocenters. The third kappa shape index (κ3) is 4.35. The van der Waals surface area contributed by atoms with Gasteiger partial charge in [0.25, 0.3) is 5.91 Å². The minimum absolute atomic E-state index is 0.0425. The Hall–Kier alpha value is -2.29. The average Bonchev–Trinajstić information content (AvgIpc) is 3.24. The van der Waals surface area contributed by atoms with E-state index in [4.69, 9.17) is 14.2 Å². The number of fused-ring (bicyclic) bond motifs is 1. The fourth-order valence-corrected chi connectivity index (χ4v) is 5.02. The van der Waals surface area contributed by atoms with Gasteiger partial charge in [-0.15, -0.1) is 0 Å². The van der Waals surface area contributed by atoms with Crippen LogP contribution < -0.4 is 9.47 Å². The molecule has 27 heavy (non-hydrogen) atoms. The highest BCUT2D eigenvalue weighted by Crippen LogP contribution is 2.32. The number of rotatable bonds is 6. The van der Waals surface area contributed by atoms with Crippen LogP contribution in [0.5, 0.6) is 11.5 Å². The van der Waals surface area contributed by atoms with Gasteiger partial charge in [-0.05, 0) is 38.0 Å². The number of amides is 1. The maximum absolute atomic E-state index is 12.7. The first kappa shape index (κ1) is 19.5. The van der Waals surface area contributed by atoms with E-state index in [1.807, 2.05) is 13.8 Å². The van der Waals surface area contributed by atoms with Crippen molar-refractivity contribution < 1.29 is 32.2 Å². The van der Waals surface area contributed by atoms with E-state index in [2.05, 4.69) is 0 Å². The lowest BCUT2D eigenvalue weighted by molar-refractivity contribution is -0.138. The molecule has 0 N–H and O–H groups in total. The quantitative estimate of drug-likeness (QED) is 0.669. The molecule has 0 aliphatic carbocycles. The SMILES string of the molecule is CC[C@H](C)N(C(=O)COC(=O)c1ccc2c(c1)OCO2)[C@@H]1CCS(=O)(=O)C1. The van der Waals surface area contributed by atoms with Crippen LogP contribution in [0.3, 0.4) is 0 Å². The molecule has 2 heterocycles. The molecule has 1 aromatic rings. The Morgan fingerprint density at radius 2 is 2.04 bits per heavy atom. The largest absolute Gasteiger partial charge is 0.454 e. The first-order chi connectivity index (χ1) is 12.8. The Kier molecular flexibility index (Phi) is 5.59. The number of hydrogen-bond acceptors (Lipinski definition) is 7. The molecule has 2 aliphatic rings. The highest BCUT2D eigenvalue weighted by molar-refractivity contribution is 7.91. The molecule has 1 amide bonds. The maximum atomic E-state index is 12.7. The van der Waals surface area contributed by atoms with Gasteiger partial charge < -0.3 is 19.1 Å². The van der Waals surface area contributed by atoms with Crippen LogP contribution >= 0.6 is 0 Å². The molecular formula is C18H23NO7S. The van der Waals surface area contributed by atoms with Crippen molar-refractivity contribution >= 4 is 21.7 Å². The predicted molar refractivity (Wildman–Crippen MR) is 96.5 cm³/mol. The Labute approximate surface area is 158 Å². The molecule has 0 bridgehead atoms. The highest BCUT2D eigenvalue weighted by atomic mass is 32.2. The molecule has 0 saturated carbocycles. The van der Waals surface area contributed by atoms with Crippen molar-refractivity contribution in [2.75, 3.05) is 24.9 Å². The zero-order valence-corrected chi connectivity index (χ0v) is 16.2. The Morgan fingerprint density at radius 1 is 1.30 bits per heavy atom. The first-order valence-corrected chi connectivity index (χ1v) is 10.7. The van der Waals surface area contributed by atoms with Crippen molar-refractivity contribution in [2.24, 2.45) is 0 Å². The van der Waals surface area contributed by atoms with E-state index in [-0.39, 0.29) is 41.9 Å². The second kappa shape index (κ2) is 7.75. The number of carbonyl (C=O) groups excluding carboxylic acids is 2. The summed E-state index contributed by atoms with van der Waals surface area (Å²) in [5.74, 6) is 0.000140. The molecule has 0 radical (unpaired) electrons. The maximum Gasteiger partial charge on any atom is 0.338 e. The summed E-state index contributed by atoms with van der Waals surface area (Å²) in [5, 5.41) is 0. The van der Waals surface area contributed by atoms with Crippen molar-refractivity contribution in [3.63, 3.8) is 0 Å². The van der Waals surface area contributed by atoms with E-state index >= 15 is 0 Å². The molecule has 0 spiro atoms. The molecule has 9 heteroatoms. The number of sulfone groups is 1. The summed E-state index contributed by atoms with van der Waals surface area (Å²) in [4.78, 5) is 26.5. The first-order valence-electron chi connectivity index (χ1n) is 8.89. The number of esters is 1. The summed E-state index contributed by atoms with van der Waals surface area (Å²) >= 11 is 0. The second-order valence-corrected chi connectivity index (χ2v) is 8.99. The third-order valence-electron chi connectivity index (χ3n) is 4.89. The van der Waals surface area contributed by atoms with Crippen molar-refractivity contribution in [2.45, 2.75) is 38.8 Å². The van der Waals surface area contributed by atoms with Gasteiger partial charge in [-0.1, -0.05) is 6.92 Å². The Balaban J connectivity index is 1.64. The number of benzene rings is 1. The van der Waals surface area contributed by atoms with Gasteiger partial charge in [0.1, 0.15) is 0 Å². The summed E-state index contributed by atoms with van der Waals surface area (Å²) < 4.78 is 39.1. The molecule has 1 aromatic carbocycles. The topological polar surface area (TPSA) is 99.2 Å². The van der Waals surface area contributed by atoms with E-state index in [9.17, 15) is 18.0 Å². The lowest BCUT2D eigenvalue weighted by Crippen LogP contribution is -2.48. The van der Waals surface area contributed by atoms with Gasteiger partial charge in [0.15, 0.2) is 27.9 Å². The Bertz CT molecular complexity index is 836. The highest BCUT2D eigenvalue weighted by Gasteiger charge is 2.36. The molecule has 2 atom stereocenters. The lowest BCUT2D eigenvalue weighted by atomic mass is 10.1. The molecule has 0 aromatic heterocycles. The summed E-state index contributed by atoms with van der Waals surface area (Å²) in [5.41, 5.74) is 0.255. The summed E-state index contributed by atoms with van der Waals surface area (Å²) in [6, 6.07) is 4.14. The van der Waals surface area contributed by atoms with E-state index in [1.165, 1.54) is 12.1 Å². The van der Waals surface area contributed by atoms with Crippen LogP contribution in [0.4, 0.5) is 0 Å². The summed E-state index contributed by atoms with van der Waals surface area (Å²) in [6.07, 6.45) is 1.09. The average molecular weight is 397 g/mol. The van der Waals surface area contributed by atoms with Crippen LogP contribution in [0.1, 0.15) is 37.0 Å². The van der Waals surface area contributed by atoms with Crippen molar-refractivity contribution in [1.82, 2.24) is 4.90 Å². The van der Waals surface area contributed by atoms with Gasteiger partial charge in [0.05, 0.1) is 17.1 Å². The minimum Gasteiger partial charge on any atom is -0.454 e. The molecule has 1 fully saturated rings. The van der Waals surface area contributed by atoms with Gasteiger partial charge >= 0.3 is 5.97 Å². The smallest absolute Gasteiger partial charge is 0.338 e. The molecule has 3 rings (SSSR count). The molecule has 1 saturated heterocycles. The van der Waals surface area contributed by atoms with Crippen LogP contribution in [-0.2, 0) is 19.4 Å². The van der Waals surface area contributed by atoms with Crippen LogP contribution in [0, 0.1) is 0 Å². The van der Waals surface area contributed by atoms with E-state index in [1.54, 1.807) is 11.0 Å². The van der Waals surface area contributed by atoms with E-state index < -0.39 is 22.4 Å². The van der Waals surface area contributed by atoms with Gasteiger partial charge in [0, 0.05) is 12.1 Å². The fraction of sp³-hybridized carbons (Fsp3) is 0.556. The normalized spacial score (nSPS) is 20.9. The van der Waals surface area contributed by atoms with Crippen LogP contribution in [0.2, 0.25) is 0 Å². The van der Waals surface area contributed by atoms with Crippen molar-refractivity contribution in [3.8, 4) is 11.5 Å². The van der Waals surface area contributed by atoms with E-state index in [0.717, 1.165) is 0 Å². The second-order valence-electron chi connectivity index (χ2n) is 6.76. The zero-order chi connectivity index (χ0) is 19.6. The van der Waals surface area contributed by atoms with Crippen molar-refractivity contribution in [1.29, 1.82) is 0 Å². The standard InChI is InChI=1S/C18H23NO7S/c1-3-12(2)19(14-6-7-27(22,23)10-14)17(20)9-24-18(21)13-4-5-15-16(8-13)26-11-25-15/h4-5,8,12,14H,3,6-7,9-11H2,1-2H3/t12-,14+/m0/s1. The van der Waals surface area contributed by atoms with Gasteiger partial charge in [-0.25, -0.2) is 13.2 Å². The number of hydrogen-bond donors (Lipinski definition) is 0. The third-order valence-corrected chi connectivity index (χ3v) is 6.64. The summed E-state index contributed by atoms with van der Waals surface area (Å²) in [6.45, 7) is 3.45. The van der Waals surface area contributed by atoms with Crippen molar-refractivity contribution in [3.05, 3.63) is 23.8 Å². The van der Waals surface area contributed by atoms with Gasteiger partial charge in [-0.2, -0.15) is 0 Å². The minimum atomic E-state index is -3.12. The van der Waals surface area contributed by atoms with Gasteiger partial charge in [-0.3, -0.25) is 4.79 Å². The van der Waals surface area contributed by atoms with Crippen LogP contribution in [-0.4, -0.2) is 62.2 Å². The van der Waals surface area contributed by atoms with Crippen LogP contribution in [0.25, 0.3) is 0 Å². The summed E-state index contributed by atoms with van der Waals surface area (Å²) in [7, 11) is -3.12. The van der Waals surface area contributed by atoms with E-state index in [0.29, 0.717) is 24.3 Å². The molecule has 148 valence electrons. The lowest BCUT2D eigenvalue weighted by Gasteiger charge is -2.33. The van der Waals surface area contributed by atoms with Gasteiger partial charge in [0.2, 0.25) is 6.79 Å². The van der Waals surface area contributed by atoms with Crippen LogP contribution in [0.15, 0.2) is 18.2 Å². The monoisotopic (exact) mass is 397 g/mol. The fourth-order valence-electron chi connectivity index (χ4n) is 3.31. The molecule has 8 nitrogen and oxygen atoms in total. The molecule has 2 aliphatic heterocycles. The predicted octanol–water partition coefficient (Wildman–Crippen LogP) is 1.39. The number of carbonyl (C=O) groups is 2. The molecular weight excluding hydrogens is 374 g/mol. The zero-order valence-electron chi connectivity index (χ0n) is 15.3. The Morgan fingerprint density at radius 3 is 2.70 bits per heavy atom.